The molecule has 0 bridgehead atoms. The van der Waals surface area contributed by atoms with Gasteiger partial charge in [-0.05, 0) is 44.2 Å². The number of rotatable bonds is 3. The highest BCUT2D eigenvalue weighted by Gasteiger charge is 2.01. The first-order valence-electron chi connectivity index (χ1n) is 6.14. The van der Waals surface area contributed by atoms with Crippen molar-refractivity contribution in [3.8, 4) is 0 Å². The van der Waals surface area contributed by atoms with Crippen LogP contribution in [-0.4, -0.2) is 16.5 Å². The molecule has 0 unspecified atom stereocenters. The number of furan rings is 1. The summed E-state index contributed by atoms with van der Waals surface area (Å²) in [5.74, 6) is 0.489. The van der Waals surface area contributed by atoms with Crippen molar-refractivity contribution in [2.45, 2.75) is 19.9 Å². The van der Waals surface area contributed by atoms with E-state index in [1.165, 1.54) is 10.6 Å². The number of aromatic nitrogens is 1. The summed E-state index contributed by atoms with van der Waals surface area (Å²) >= 11 is 0. The van der Waals surface area contributed by atoms with E-state index >= 15 is 0 Å². The lowest BCUT2D eigenvalue weighted by Crippen LogP contribution is -2.26. The monoisotopic (exact) mass is 256 g/mol. The lowest BCUT2D eigenvalue weighted by molar-refractivity contribution is 0.0964. The van der Waals surface area contributed by atoms with Gasteiger partial charge in [0.05, 0.1) is 6.26 Å². The van der Waals surface area contributed by atoms with Gasteiger partial charge in [0.1, 0.15) is 11.2 Å². The van der Waals surface area contributed by atoms with E-state index in [2.05, 4.69) is 4.99 Å². The number of hydrogen-bond acceptors (Lipinski definition) is 3. The van der Waals surface area contributed by atoms with E-state index in [4.69, 9.17) is 4.42 Å². The van der Waals surface area contributed by atoms with Crippen LogP contribution in [0.5, 0.6) is 0 Å². The van der Waals surface area contributed by atoms with Crippen LogP contribution in [0.3, 0.4) is 0 Å². The van der Waals surface area contributed by atoms with E-state index in [0.29, 0.717) is 11.2 Å². The van der Waals surface area contributed by atoms with Gasteiger partial charge in [-0.15, -0.1) is 0 Å². The van der Waals surface area contributed by atoms with E-state index in [1.54, 1.807) is 36.7 Å². The highest BCUT2D eigenvalue weighted by Crippen LogP contribution is 2.02. The summed E-state index contributed by atoms with van der Waals surface area (Å²) < 4.78 is 6.66. The molecule has 2 aromatic rings. The van der Waals surface area contributed by atoms with Crippen molar-refractivity contribution in [2.75, 3.05) is 0 Å². The number of nitrogens with zero attached hydrogens (tertiary/aromatic N) is 2. The average molecular weight is 256 g/mol. The fourth-order valence-electron chi connectivity index (χ4n) is 1.61. The minimum atomic E-state index is -0.156. The van der Waals surface area contributed by atoms with Crippen molar-refractivity contribution < 1.29 is 9.21 Å². The second kappa shape index (κ2) is 6.00. The molecular formula is C15H16N2O2. The van der Waals surface area contributed by atoms with Crippen molar-refractivity contribution >= 4 is 12.0 Å². The fourth-order valence-corrected chi connectivity index (χ4v) is 1.61. The highest BCUT2D eigenvalue weighted by atomic mass is 16.3. The van der Waals surface area contributed by atoms with Crippen LogP contribution in [0.4, 0.5) is 0 Å². The van der Waals surface area contributed by atoms with Crippen LogP contribution in [0.2, 0.25) is 0 Å². The molecule has 0 amide bonds. The number of allylic oxidation sites excluding steroid dienone is 1. The molecule has 0 fully saturated rings. The maximum atomic E-state index is 12.1. The lowest BCUT2D eigenvalue weighted by Gasteiger charge is -2.03. The lowest BCUT2D eigenvalue weighted by atomic mass is 10.3. The molecule has 19 heavy (non-hydrogen) atoms. The summed E-state index contributed by atoms with van der Waals surface area (Å²) in [7, 11) is 0. The van der Waals surface area contributed by atoms with E-state index in [0.717, 1.165) is 0 Å². The average Bonchev–Trinajstić information content (AvgIpc) is 2.89. The molecular weight excluding hydrogens is 240 g/mol. The molecule has 0 aliphatic rings. The third kappa shape index (κ3) is 3.55. The predicted molar refractivity (Wildman–Crippen MR) is 73.5 cm³/mol. The second-order valence-corrected chi connectivity index (χ2v) is 4.34. The molecule has 0 aliphatic carbocycles. The van der Waals surface area contributed by atoms with Crippen molar-refractivity contribution in [3.05, 3.63) is 60.1 Å². The van der Waals surface area contributed by atoms with Gasteiger partial charge in [-0.1, -0.05) is 6.07 Å². The molecule has 0 aliphatic heterocycles. The van der Waals surface area contributed by atoms with Gasteiger partial charge in [0.25, 0.3) is 5.91 Å². The normalized spacial score (nSPS) is 12.5. The van der Waals surface area contributed by atoms with Gasteiger partial charge in [0, 0.05) is 18.3 Å². The zero-order valence-electron chi connectivity index (χ0n) is 11.0. The van der Waals surface area contributed by atoms with Crippen LogP contribution in [0.1, 0.15) is 24.4 Å². The molecule has 4 heteroatoms. The smallest absolute Gasteiger partial charge is 0.256 e. The predicted octanol–water partition coefficient (Wildman–Crippen LogP) is 2.74. The first-order valence-corrected chi connectivity index (χ1v) is 6.14. The topological polar surface area (TPSA) is 47.5 Å². The summed E-state index contributed by atoms with van der Waals surface area (Å²) in [5, 5.41) is 0. The number of pyridine rings is 1. The zero-order valence-corrected chi connectivity index (χ0v) is 11.0. The third-order valence-electron chi connectivity index (χ3n) is 2.40. The van der Waals surface area contributed by atoms with E-state index < -0.39 is 0 Å². The van der Waals surface area contributed by atoms with Gasteiger partial charge >= 0.3 is 0 Å². The number of carbonyl (C=O) groups is 1. The SMILES string of the molecule is CC(C)N=c1ccccn1C(=O)/C=C/c1ccco1. The van der Waals surface area contributed by atoms with Crippen LogP contribution >= 0.6 is 0 Å². The molecule has 0 radical (unpaired) electrons. The Morgan fingerprint density at radius 3 is 2.84 bits per heavy atom. The second-order valence-electron chi connectivity index (χ2n) is 4.34. The maximum absolute atomic E-state index is 12.1. The van der Waals surface area contributed by atoms with Crippen LogP contribution in [-0.2, 0) is 0 Å². The molecule has 0 N–H and O–H groups in total. The van der Waals surface area contributed by atoms with Crippen LogP contribution in [0.25, 0.3) is 6.08 Å². The largest absolute Gasteiger partial charge is 0.465 e. The molecule has 0 atom stereocenters. The first kappa shape index (κ1) is 13.1. The Balaban J connectivity index is 2.29. The van der Waals surface area contributed by atoms with Crippen molar-refractivity contribution in [1.29, 1.82) is 0 Å². The summed E-state index contributed by atoms with van der Waals surface area (Å²) in [6.07, 6.45) is 6.38. The minimum Gasteiger partial charge on any atom is -0.465 e. The molecule has 0 saturated heterocycles. The standard InChI is InChI=1S/C15H16N2O2/c1-12(2)16-14-7-3-4-10-17(14)15(18)9-8-13-6-5-11-19-13/h3-12H,1-2H3/b9-8+,16-14?. The summed E-state index contributed by atoms with van der Waals surface area (Å²) in [6, 6.07) is 9.19. The Kier molecular flexibility index (Phi) is 4.13. The Morgan fingerprint density at radius 2 is 2.16 bits per heavy atom. The van der Waals surface area contributed by atoms with Crippen LogP contribution in [0, 0.1) is 0 Å². The van der Waals surface area contributed by atoms with Crippen molar-refractivity contribution in [1.82, 2.24) is 4.57 Å². The minimum absolute atomic E-state index is 0.135. The fraction of sp³-hybridized carbons (Fsp3) is 0.200. The first-order chi connectivity index (χ1) is 9.16. The quantitative estimate of drug-likeness (QED) is 0.793. The summed E-state index contributed by atoms with van der Waals surface area (Å²) in [6.45, 7) is 3.95. The van der Waals surface area contributed by atoms with Gasteiger partial charge in [0.15, 0.2) is 0 Å². The Bertz CT molecular complexity index is 634. The van der Waals surface area contributed by atoms with Gasteiger partial charge in [-0.2, -0.15) is 0 Å². The Labute approximate surface area is 111 Å². The van der Waals surface area contributed by atoms with E-state index in [1.807, 2.05) is 26.0 Å². The molecule has 98 valence electrons. The Morgan fingerprint density at radius 1 is 1.32 bits per heavy atom. The van der Waals surface area contributed by atoms with Gasteiger partial charge in [-0.3, -0.25) is 14.4 Å². The van der Waals surface area contributed by atoms with E-state index in [-0.39, 0.29) is 11.9 Å². The highest BCUT2D eigenvalue weighted by molar-refractivity contribution is 5.93. The molecule has 0 saturated carbocycles. The third-order valence-corrected chi connectivity index (χ3v) is 2.40. The van der Waals surface area contributed by atoms with Crippen LogP contribution in [0.15, 0.2) is 58.3 Å². The van der Waals surface area contributed by atoms with Gasteiger partial charge in [-0.25, -0.2) is 0 Å². The molecule has 4 nitrogen and oxygen atoms in total. The van der Waals surface area contributed by atoms with Gasteiger partial charge < -0.3 is 4.42 Å². The van der Waals surface area contributed by atoms with E-state index in [9.17, 15) is 4.79 Å². The zero-order chi connectivity index (χ0) is 13.7. The number of carbonyl (C=O) groups excluding carboxylic acids is 1. The number of hydrogen-bond donors (Lipinski definition) is 0. The summed E-state index contributed by atoms with van der Waals surface area (Å²) in [5.41, 5.74) is 0.645. The molecule has 2 aromatic heterocycles. The summed E-state index contributed by atoms with van der Waals surface area (Å²) in [4.78, 5) is 16.5. The van der Waals surface area contributed by atoms with Crippen LogP contribution < -0.4 is 5.49 Å². The molecule has 0 spiro atoms. The van der Waals surface area contributed by atoms with Gasteiger partial charge in [0.2, 0.25) is 0 Å². The van der Waals surface area contributed by atoms with Crippen molar-refractivity contribution in [3.63, 3.8) is 0 Å². The Hall–Kier alpha value is -2.36. The molecule has 2 rings (SSSR count). The van der Waals surface area contributed by atoms with Crippen molar-refractivity contribution in [2.24, 2.45) is 4.99 Å². The maximum Gasteiger partial charge on any atom is 0.256 e. The molecule has 2 heterocycles. The molecule has 0 aromatic carbocycles.